The van der Waals surface area contributed by atoms with Crippen LogP contribution < -0.4 is 10.6 Å². The molecule has 2 aliphatic heterocycles. The summed E-state index contributed by atoms with van der Waals surface area (Å²) in [6, 6.07) is 8.36. The highest BCUT2D eigenvalue weighted by atomic mass is 16.2. The molecule has 1 atom stereocenters. The second kappa shape index (κ2) is 9.26. The van der Waals surface area contributed by atoms with E-state index in [1.165, 1.54) is 18.4 Å². The van der Waals surface area contributed by atoms with Crippen molar-refractivity contribution in [2.24, 2.45) is 5.92 Å². The van der Waals surface area contributed by atoms with Gasteiger partial charge in [-0.3, -0.25) is 19.4 Å². The van der Waals surface area contributed by atoms with Crippen molar-refractivity contribution in [3.8, 4) is 0 Å². The average molecular weight is 399 g/mol. The maximum atomic E-state index is 12.7. The summed E-state index contributed by atoms with van der Waals surface area (Å²) in [4.78, 5) is 29.7. The molecule has 3 aliphatic rings. The number of aryl methyl sites for hydroxylation is 1. The van der Waals surface area contributed by atoms with Crippen LogP contribution in [0.2, 0.25) is 0 Å². The molecule has 1 aliphatic carbocycles. The summed E-state index contributed by atoms with van der Waals surface area (Å²) in [7, 11) is 0. The first-order valence-corrected chi connectivity index (χ1v) is 11.2. The van der Waals surface area contributed by atoms with Crippen LogP contribution in [-0.4, -0.2) is 66.4 Å². The number of benzene rings is 1. The molecule has 1 aromatic rings. The maximum Gasteiger partial charge on any atom is 0.241 e. The number of nitrogens with one attached hydrogen (secondary N) is 2. The van der Waals surface area contributed by atoms with E-state index in [4.69, 9.17) is 0 Å². The van der Waals surface area contributed by atoms with Gasteiger partial charge in [0.25, 0.3) is 0 Å². The number of carbonyl (C=O) groups is 2. The van der Waals surface area contributed by atoms with Gasteiger partial charge in [0, 0.05) is 37.9 Å². The van der Waals surface area contributed by atoms with Crippen LogP contribution in [0.15, 0.2) is 24.3 Å². The van der Waals surface area contributed by atoms with Gasteiger partial charge in [0.1, 0.15) is 0 Å². The molecule has 6 heteroatoms. The molecule has 0 radical (unpaired) electrons. The minimum atomic E-state index is -0.0809. The number of para-hydroxylation sites is 1. The molecular weight excluding hydrogens is 364 g/mol. The highest BCUT2D eigenvalue weighted by Crippen LogP contribution is 2.25. The SMILES string of the molecule is CC1CCC(NC(=O)CN2CCN(C3CCc4ccccc4NC3=O)CC2)CC1. The number of amides is 2. The van der Waals surface area contributed by atoms with Gasteiger partial charge in [-0.15, -0.1) is 0 Å². The summed E-state index contributed by atoms with van der Waals surface area (Å²) in [5.41, 5.74) is 2.17. The van der Waals surface area contributed by atoms with Crippen LogP contribution in [0.5, 0.6) is 0 Å². The molecule has 29 heavy (non-hydrogen) atoms. The van der Waals surface area contributed by atoms with Crippen molar-refractivity contribution in [3.05, 3.63) is 29.8 Å². The van der Waals surface area contributed by atoms with Crippen molar-refractivity contribution >= 4 is 17.5 Å². The fourth-order valence-electron chi connectivity index (χ4n) is 4.96. The molecule has 2 heterocycles. The van der Waals surface area contributed by atoms with Gasteiger partial charge in [-0.1, -0.05) is 25.1 Å². The van der Waals surface area contributed by atoms with Gasteiger partial charge in [0.15, 0.2) is 0 Å². The third kappa shape index (κ3) is 5.17. The molecule has 2 fully saturated rings. The lowest BCUT2D eigenvalue weighted by Gasteiger charge is -2.38. The quantitative estimate of drug-likeness (QED) is 0.817. The van der Waals surface area contributed by atoms with Crippen molar-refractivity contribution in [3.63, 3.8) is 0 Å². The van der Waals surface area contributed by atoms with E-state index >= 15 is 0 Å². The number of anilines is 1. The van der Waals surface area contributed by atoms with Gasteiger partial charge in [-0.2, -0.15) is 0 Å². The monoisotopic (exact) mass is 398 g/mol. The fraction of sp³-hybridized carbons (Fsp3) is 0.652. The van der Waals surface area contributed by atoms with E-state index in [9.17, 15) is 9.59 Å². The summed E-state index contributed by atoms with van der Waals surface area (Å²) in [5, 5.41) is 6.33. The smallest absolute Gasteiger partial charge is 0.241 e. The van der Waals surface area contributed by atoms with Crippen LogP contribution in [0.1, 0.15) is 44.6 Å². The Balaban J connectivity index is 1.23. The lowest BCUT2D eigenvalue weighted by atomic mass is 9.87. The molecular formula is C23H34N4O2. The van der Waals surface area contributed by atoms with Crippen LogP contribution in [0.3, 0.4) is 0 Å². The first kappa shape index (κ1) is 20.4. The van der Waals surface area contributed by atoms with E-state index in [1.807, 2.05) is 18.2 Å². The van der Waals surface area contributed by atoms with Crippen LogP contribution in [0.25, 0.3) is 0 Å². The first-order chi connectivity index (χ1) is 14.1. The Morgan fingerprint density at radius 3 is 2.55 bits per heavy atom. The summed E-state index contributed by atoms with van der Waals surface area (Å²) in [6.45, 7) is 6.12. The van der Waals surface area contributed by atoms with E-state index in [0.29, 0.717) is 12.6 Å². The third-order valence-corrected chi connectivity index (χ3v) is 6.86. The number of hydrogen-bond acceptors (Lipinski definition) is 4. The highest BCUT2D eigenvalue weighted by molar-refractivity contribution is 5.96. The number of fused-ring (bicyclic) bond motifs is 1. The summed E-state index contributed by atoms with van der Waals surface area (Å²) >= 11 is 0. The molecule has 158 valence electrons. The van der Waals surface area contributed by atoms with Crippen LogP contribution in [0.4, 0.5) is 5.69 Å². The molecule has 1 saturated heterocycles. The number of carbonyl (C=O) groups excluding carboxylic acids is 2. The molecule has 4 rings (SSSR count). The molecule has 1 aromatic carbocycles. The molecule has 1 saturated carbocycles. The van der Waals surface area contributed by atoms with Crippen LogP contribution >= 0.6 is 0 Å². The molecule has 2 amide bonds. The topological polar surface area (TPSA) is 64.7 Å². The Morgan fingerprint density at radius 1 is 1.07 bits per heavy atom. The van der Waals surface area contributed by atoms with Gasteiger partial charge in [0.2, 0.25) is 11.8 Å². The summed E-state index contributed by atoms with van der Waals surface area (Å²) in [5.74, 6) is 1.05. The van der Waals surface area contributed by atoms with E-state index in [0.717, 1.165) is 63.5 Å². The lowest BCUT2D eigenvalue weighted by Crippen LogP contribution is -2.55. The van der Waals surface area contributed by atoms with Crippen LogP contribution in [0, 0.1) is 5.92 Å². The van der Waals surface area contributed by atoms with Gasteiger partial charge in [-0.25, -0.2) is 0 Å². The Hall–Kier alpha value is -1.92. The minimum absolute atomic E-state index is 0.0809. The molecule has 0 bridgehead atoms. The fourth-order valence-corrected chi connectivity index (χ4v) is 4.96. The summed E-state index contributed by atoms with van der Waals surface area (Å²) in [6.07, 6.45) is 6.43. The van der Waals surface area contributed by atoms with Crippen molar-refractivity contribution in [2.45, 2.75) is 57.5 Å². The largest absolute Gasteiger partial charge is 0.352 e. The standard InChI is InChI=1S/C23H34N4O2/c1-17-6-9-19(10-7-17)24-22(28)16-26-12-14-27(15-13-26)21-11-8-18-4-2-3-5-20(18)25-23(21)29/h2-5,17,19,21H,6-16H2,1H3,(H,24,28)(H,25,29). The normalized spacial score (nSPS) is 28.9. The first-order valence-electron chi connectivity index (χ1n) is 11.2. The predicted molar refractivity (Wildman–Crippen MR) is 115 cm³/mol. The molecule has 6 nitrogen and oxygen atoms in total. The minimum Gasteiger partial charge on any atom is -0.352 e. The summed E-state index contributed by atoms with van der Waals surface area (Å²) < 4.78 is 0. The average Bonchev–Trinajstić information content (AvgIpc) is 2.88. The number of nitrogens with zero attached hydrogens (tertiary/aromatic N) is 2. The zero-order valence-corrected chi connectivity index (χ0v) is 17.5. The van der Waals surface area contributed by atoms with E-state index in [2.05, 4.69) is 33.4 Å². The number of rotatable bonds is 4. The van der Waals surface area contributed by atoms with E-state index < -0.39 is 0 Å². The number of hydrogen-bond donors (Lipinski definition) is 2. The zero-order valence-electron chi connectivity index (χ0n) is 17.5. The van der Waals surface area contributed by atoms with E-state index in [-0.39, 0.29) is 17.9 Å². The Morgan fingerprint density at radius 2 is 1.79 bits per heavy atom. The highest BCUT2D eigenvalue weighted by Gasteiger charge is 2.31. The van der Waals surface area contributed by atoms with Gasteiger partial charge >= 0.3 is 0 Å². The van der Waals surface area contributed by atoms with Crippen molar-refractivity contribution in [1.82, 2.24) is 15.1 Å². The second-order valence-electron chi connectivity index (χ2n) is 9.04. The molecule has 1 unspecified atom stereocenters. The Labute approximate surface area is 174 Å². The van der Waals surface area contributed by atoms with Gasteiger partial charge < -0.3 is 10.6 Å². The van der Waals surface area contributed by atoms with E-state index in [1.54, 1.807) is 0 Å². The van der Waals surface area contributed by atoms with Crippen molar-refractivity contribution in [1.29, 1.82) is 0 Å². The maximum absolute atomic E-state index is 12.7. The molecule has 2 N–H and O–H groups in total. The molecule has 0 spiro atoms. The second-order valence-corrected chi connectivity index (χ2v) is 9.04. The van der Waals surface area contributed by atoms with Gasteiger partial charge in [0.05, 0.1) is 12.6 Å². The number of piperazine rings is 1. The van der Waals surface area contributed by atoms with Crippen molar-refractivity contribution in [2.75, 3.05) is 38.0 Å². The molecule has 0 aromatic heterocycles. The lowest BCUT2D eigenvalue weighted by molar-refractivity contribution is -0.125. The predicted octanol–water partition coefficient (Wildman–Crippen LogP) is 2.25. The Bertz CT molecular complexity index is 721. The Kier molecular flexibility index (Phi) is 6.50. The van der Waals surface area contributed by atoms with Crippen LogP contribution in [-0.2, 0) is 16.0 Å². The third-order valence-electron chi connectivity index (χ3n) is 6.86. The van der Waals surface area contributed by atoms with Gasteiger partial charge in [-0.05, 0) is 56.1 Å². The zero-order chi connectivity index (χ0) is 20.2. The van der Waals surface area contributed by atoms with Crippen molar-refractivity contribution < 1.29 is 9.59 Å².